The van der Waals surface area contributed by atoms with Crippen LogP contribution in [0, 0.1) is 19.0 Å². The molecule has 3 aromatic rings. The van der Waals surface area contributed by atoms with Gasteiger partial charge in [0.05, 0.1) is 16.8 Å². The third-order valence-electron chi connectivity index (χ3n) is 3.72. The zero-order valence-electron chi connectivity index (χ0n) is 14.0. The summed E-state index contributed by atoms with van der Waals surface area (Å²) in [5.74, 6) is -0.0516. The van der Waals surface area contributed by atoms with Crippen LogP contribution in [0.4, 0.5) is 19.1 Å². The fraction of sp³-hybridized carbons (Fsp3) is 0.167. The van der Waals surface area contributed by atoms with E-state index in [1.165, 1.54) is 18.3 Å². The van der Waals surface area contributed by atoms with E-state index >= 15 is 0 Å². The summed E-state index contributed by atoms with van der Waals surface area (Å²) in [4.78, 5) is 8.61. The molecule has 1 aromatic carbocycles. The lowest BCUT2D eigenvalue weighted by atomic mass is 10.0. The van der Waals surface area contributed by atoms with Crippen molar-refractivity contribution >= 4 is 23.5 Å². The van der Waals surface area contributed by atoms with Crippen molar-refractivity contribution in [2.24, 2.45) is 5.10 Å². The SMILES string of the molecule is Cc1ccc(-c2cc(C(F)F)nc(NN=Cc3ccc(F)s3)n2)cc1C. The van der Waals surface area contributed by atoms with Crippen LogP contribution in [0.5, 0.6) is 0 Å². The second-order valence-electron chi connectivity index (χ2n) is 5.61. The molecule has 0 saturated heterocycles. The smallest absolute Gasteiger partial charge is 0.245 e. The topological polar surface area (TPSA) is 50.2 Å². The number of aryl methyl sites for hydroxylation is 2. The van der Waals surface area contributed by atoms with Gasteiger partial charge in [0, 0.05) is 5.56 Å². The Labute approximate surface area is 152 Å². The molecule has 0 fully saturated rings. The highest BCUT2D eigenvalue weighted by molar-refractivity contribution is 7.12. The Hall–Kier alpha value is -2.74. The average Bonchev–Trinajstić information content (AvgIpc) is 3.02. The van der Waals surface area contributed by atoms with Crippen molar-refractivity contribution in [2.75, 3.05) is 5.43 Å². The van der Waals surface area contributed by atoms with E-state index < -0.39 is 12.1 Å². The molecule has 26 heavy (non-hydrogen) atoms. The summed E-state index contributed by atoms with van der Waals surface area (Å²) in [5.41, 5.74) is 5.36. The zero-order chi connectivity index (χ0) is 18.7. The van der Waals surface area contributed by atoms with Crippen molar-refractivity contribution < 1.29 is 13.2 Å². The van der Waals surface area contributed by atoms with Gasteiger partial charge in [0.1, 0.15) is 5.69 Å². The van der Waals surface area contributed by atoms with E-state index in [0.29, 0.717) is 16.1 Å². The van der Waals surface area contributed by atoms with Gasteiger partial charge in [0.25, 0.3) is 6.43 Å². The number of aromatic nitrogens is 2. The molecule has 0 spiro atoms. The second-order valence-corrected chi connectivity index (χ2v) is 6.68. The Morgan fingerprint density at radius 3 is 2.54 bits per heavy atom. The maximum Gasteiger partial charge on any atom is 0.280 e. The molecule has 0 saturated carbocycles. The Morgan fingerprint density at radius 1 is 1.08 bits per heavy atom. The van der Waals surface area contributed by atoms with Crippen LogP contribution in [0.1, 0.15) is 28.1 Å². The first-order valence-corrected chi connectivity index (χ1v) is 8.53. The molecule has 0 atom stereocenters. The van der Waals surface area contributed by atoms with Crippen LogP contribution < -0.4 is 5.43 Å². The molecule has 3 rings (SSSR count). The number of halogens is 3. The number of nitrogens with zero attached hydrogens (tertiary/aromatic N) is 3. The van der Waals surface area contributed by atoms with Gasteiger partial charge in [-0.1, -0.05) is 12.1 Å². The maximum absolute atomic E-state index is 13.2. The molecule has 134 valence electrons. The van der Waals surface area contributed by atoms with E-state index in [9.17, 15) is 13.2 Å². The molecule has 0 unspecified atom stereocenters. The number of thiophene rings is 1. The van der Waals surface area contributed by atoms with Gasteiger partial charge >= 0.3 is 0 Å². The first kappa shape index (κ1) is 18.1. The average molecular weight is 376 g/mol. The minimum Gasteiger partial charge on any atom is -0.245 e. The Balaban J connectivity index is 1.90. The minimum absolute atomic E-state index is 0.0516. The number of rotatable bonds is 5. The molecule has 0 aliphatic carbocycles. The van der Waals surface area contributed by atoms with Gasteiger partial charge < -0.3 is 0 Å². The molecule has 0 radical (unpaired) electrons. The van der Waals surface area contributed by atoms with Crippen LogP contribution in [-0.2, 0) is 0 Å². The van der Waals surface area contributed by atoms with E-state index in [2.05, 4.69) is 20.5 Å². The standard InChI is InChI=1S/C18H15F3N4S/c1-10-3-4-12(7-11(10)2)14-8-15(17(20)21)24-18(23-14)25-22-9-13-5-6-16(19)26-13/h3-9,17H,1-2H3,(H,23,24,25). The quantitative estimate of drug-likeness (QED) is 0.483. The van der Waals surface area contributed by atoms with Gasteiger partial charge in [-0.05, 0) is 49.2 Å². The summed E-state index contributed by atoms with van der Waals surface area (Å²) < 4.78 is 39.3. The van der Waals surface area contributed by atoms with Crippen LogP contribution in [0.25, 0.3) is 11.3 Å². The monoisotopic (exact) mass is 376 g/mol. The van der Waals surface area contributed by atoms with Crippen molar-refractivity contribution in [3.05, 3.63) is 63.2 Å². The fourth-order valence-corrected chi connectivity index (χ4v) is 2.83. The van der Waals surface area contributed by atoms with Crippen molar-refractivity contribution in [2.45, 2.75) is 20.3 Å². The molecule has 0 amide bonds. The normalized spacial score (nSPS) is 11.5. The van der Waals surface area contributed by atoms with Crippen LogP contribution >= 0.6 is 11.3 Å². The second kappa shape index (κ2) is 7.65. The lowest BCUT2D eigenvalue weighted by molar-refractivity contribution is 0.146. The summed E-state index contributed by atoms with van der Waals surface area (Å²) >= 11 is 0.917. The van der Waals surface area contributed by atoms with E-state index in [1.807, 2.05) is 32.0 Å². The van der Waals surface area contributed by atoms with Crippen LogP contribution in [0.2, 0.25) is 0 Å². The highest BCUT2D eigenvalue weighted by Gasteiger charge is 2.14. The van der Waals surface area contributed by atoms with E-state index in [-0.39, 0.29) is 11.1 Å². The van der Waals surface area contributed by atoms with Gasteiger partial charge in [-0.2, -0.15) is 9.49 Å². The molecule has 0 aliphatic rings. The van der Waals surface area contributed by atoms with Crippen molar-refractivity contribution in [1.82, 2.24) is 9.97 Å². The number of alkyl halides is 2. The van der Waals surface area contributed by atoms with E-state index in [1.54, 1.807) is 6.07 Å². The predicted octanol–water partition coefficient (Wildman–Crippen LogP) is 5.34. The zero-order valence-corrected chi connectivity index (χ0v) is 14.8. The van der Waals surface area contributed by atoms with Gasteiger partial charge in [-0.3, -0.25) is 0 Å². The number of benzene rings is 1. The van der Waals surface area contributed by atoms with Gasteiger partial charge in [-0.15, -0.1) is 11.3 Å². The number of hydrogen-bond acceptors (Lipinski definition) is 5. The Kier molecular flexibility index (Phi) is 5.32. The number of nitrogens with one attached hydrogen (secondary N) is 1. The molecule has 4 nitrogen and oxygen atoms in total. The Morgan fingerprint density at radius 2 is 1.88 bits per heavy atom. The van der Waals surface area contributed by atoms with E-state index in [0.717, 1.165) is 22.5 Å². The van der Waals surface area contributed by atoms with Gasteiger partial charge in [0.15, 0.2) is 5.13 Å². The Bertz CT molecular complexity index is 953. The van der Waals surface area contributed by atoms with Crippen LogP contribution in [0.15, 0.2) is 41.5 Å². The van der Waals surface area contributed by atoms with Crippen LogP contribution in [-0.4, -0.2) is 16.2 Å². The predicted molar refractivity (Wildman–Crippen MR) is 97.4 cm³/mol. The summed E-state index contributed by atoms with van der Waals surface area (Å²) in [5, 5.41) is 3.56. The van der Waals surface area contributed by atoms with Gasteiger partial charge in [-0.25, -0.2) is 24.2 Å². The summed E-state index contributed by atoms with van der Waals surface area (Å²) in [6.45, 7) is 3.91. The molecular weight excluding hydrogens is 361 g/mol. The summed E-state index contributed by atoms with van der Waals surface area (Å²) in [6, 6.07) is 9.75. The highest BCUT2D eigenvalue weighted by atomic mass is 32.1. The summed E-state index contributed by atoms with van der Waals surface area (Å²) in [7, 11) is 0. The molecule has 0 bridgehead atoms. The number of hydrogen-bond donors (Lipinski definition) is 1. The van der Waals surface area contributed by atoms with Crippen molar-refractivity contribution in [3.8, 4) is 11.3 Å². The first-order valence-electron chi connectivity index (χ1n) is 7.71. The molecule has 8 heteroatoms. The summed E-state index contributed by atoms with van der Waals surface area (Å²) in [6.07, 6.45) is -1.36. The minimum atomic E-state index is -2.74. The van der Waals surface area contributed by atoms with Crippen molar-refractivity contribution in [1.29, 1.82) is 0 Å². The van der Waals surface area contributed by atoms with Crippen LogP contribution in [0.3, 0.4) is 0 Å². The number of hydrazone groups is 1. The lowest BCUT2D eigenvalue weighted by Gasteiger charge is -2.09. The third kappa shape index (κ3) is 4.26. The molecule has 2 aromatic heterocycles. The largest absolute Gasteiger partial charge is 0.280 e. The number of anilines is 1. The third-order valence-corrected chi connectivity index (χ3v) is 4.53. The van der Waals surface area contributed by atoms with Gasteiger partial charge in [0.2, 0.25) is 5.95 Å². The molecule has 1 N–H and O–H groups in total. The molecule has 2 heterocycles. The first-order chi connectivity index (χ1) is 12.4. The lowest BCUT2D eigenvalue weighted by Crippen LogP contribution is -2.02. The molecular formula is C18H15F3N4S. The maximum atomic E-state index is 13.2. The van der Waals surface area contributed by atoms with E-state index in [4.69, 9.17) is 0 Å². The van der Waals surface area contributed by atoms with Crippen molar-refractivity contribution in [3.63, 3.8) is 0 Å². The molecule has 0 aliphatic heterocycles. The highest BCUT2D eigenvalue weighted by Crippen LogP contribution is 2.26. The fourth-order valence-electron chi connectivity index (χ4n) is 2.23.